The van der Waals surface area contributed by atoms with E-state index in [9.17, 15) is 0 Å². The summed E-state index contributed by atoms with van der Waals surface area (Å²) >= 11 is 0. The molecule has 0 N–H and O–H groups in total. The maximum absolute atomic E-state index is 6.09. The molecule has 1 aromatic carbocycles. The van der Waals surface area contributed by atoms with Gasteiger partial charge in [0.15, 0.2) is 0 Å². The maximum Gasteiger partial charge on any atom is 0.244 e. The van der Waals surface area contributed by atoms with E-state index in [2.05, 4.69) is 66.2 Å². The summed E-state index contributed by atoms with van der Waals surface area (Å²) in [5.74, 6) is 0. The molecule has 1 rings (SSSR count). The molecule has 0 saturated heterocycles. The topological polar surface area (TPSA) is 21.6 Å². The van der Waals surface area contributed by atoms with Crippen LogP contribution in [0.2, 0.25) is 19.6 Å². The molecule has 0 aliphatic rings. The lowest BCUT2D eigenvalue weighted by molar-refractivity contribution is 0.563. The van der Waals surface area contributed by atoms with Crippen LogP contribution in [0.5, 0.6) is 0 Å². The lowest BCUT2D eigenvalue weighted by atomic mass is 9.86. The Balaban J connectivity index is 3.23. The summed E-state index contributed by atoms with van der Waals surface area (Å²) in [6.45, 7) is 20.3. The minimum Gasteiger partial charge on any atom is -0.529 e. The highest BCUT2D eigenvalue weighted by atomic mass is 31.1. The van der Waals surface area contributed by atoms with Crippen LogP contribution in [0.15, 0.2) is 4.99 Å². The van der Waals surface area contributed by atoms with E-state index in [1.165, 1.54) is 16.1 Å². The van der Waals surface area contributed by atoms with Gasteiger partial charge in [0.25, 0.3) is 0 Å². The van der Waals surface area contributed by atoms with Crippen molar-refractivity contribution in [2.75, 3.05) is 7.05 Å². The van der Waals surface area contributed by atoms with E-state index in [0.29, 0.717) is 0 Å². The summed E-state index contributed by atoms with van der Waals surface area (Å²) in [5.41, 5.74) is 4.34. The Hall–Kier alpha value is -0.403. The predicted molar refractivity (Wildman–Crippen MR) is 94.2 cm³/mol. The summed E-state index contributed by atoms with van der Waals surface area (Å²) in [5, 5.41) is 0. The molecule has 0 bridgehead atoms. The van der Waals surface area contributed by atoms with Crippen LogP contribution in [0.1, 0.15) is 52.7 Å². The van der Waals surface area contributed by atoms with Crippen molar-refractivity contribution in [3.05, 3.63) is 16.1 Å². The molecule has 0 aliphatic carbocycles. The van der Waals surface area contributed by atoms with Crippen LogP contribution >= 0.6 is 8.20 Å². The zero-order chi connectivity index (χ0) is 15.9. The van der Waals surface area contributed by atoms with E-state index >= 15 is 0 Å². The maximum atomic E-state index is 6.09. The third kappa shape index (κ3) is 4.56. The molecule has 1 aromatic rings. The second-order valence-corrected chi connectivity index (χ2v) is 13.9. The average Bonchev–Trinajstić information content (AvgIpc) is 2.87. The first-order valence-corrected chi connectivity index (χ1v) is 11.6. The highest BCUT2D eigenvalue weighted by Crippen LogP contribution is 2.46. The molecular formula is C16H30NOPSi. The molecule has 0 heterocycles. The molecular weight excluding hydrogens is 281 g/mol. The Bertz CT molecular complexity index is 500. The molecule has 0 saturated carbocycles. The molecule has 0 atom stereocenters. The fourth-order valence-electron chi connectivity index (χ4n) is 2.24. The van der Waals surface area contributed by atoms with Crippen LogP contribution in [-0.2, 0) is 15.3 Å². The van der Waals surface area contributed by atoms with Gasteiger partial charge in [0.05, 0.1) is 0 Å². The zero-order valence-corrected chi connectivity index (χ0v) is 16.7. The first kappa shape index (κ1) is 17.6. The number of rotatable bonds is 2. The molecule has 0 amide bonds. The second-order valence-electron chi connectivity index (χ2n) is 8.43. The summed E-state index contributed by atoms with van der Waals surface area (Å²) in [4.78, 5) is 5.80. The van der Waals surface area contributed by atoms with Gasteiger partial charge in [0.2, 0.25) is 14.0 Å². The number of aliphatic imine (C=N–C) groups is 1. The van der Waals surface area contributed by atoms with Crippen LogP contribution in [0, 0.1) is 4.94 Å². The van der Waals surface area contributed by atoms with Crippen molar-refractivity contribution in [2.45, 2.75) is 72.0 Å². The Morgan fingerprint density at radius 2 is 1.35 bits per heavy atom. The van der Waals surface area contributed by atoms with Gasteiger partial charge in [-0.05, 0) is 41.6 Å². The fourth-order valence-corrected chi connectivity index (χ4v) is 5.23. The molecule has 0 radical (unpaired) electrons. The minimum atomic E-state index is -1.59. The standard InChI is InChI=1S/C16H30NOPSi/c1-15(2,3)11-12(16(4,5)6)13(11)19-14(17-7)18-20(8,9)10/h1-10H3. The van der Waals surface area contributed by atoms with Gasteiger partial charge in [-0.2, -0.15) is 0 Å². The smallest absolute Gasteiger partial charge is 0.244 e. The largest absolute Gasteiger partial charge is 0.529 e. The van der Waals surface area contributed by atoms with Crippen LogP contribution in [0.3, 0.4) is 0 Å². The second kappa shape index (κ2) is 5.42. The monoisotopic (exact) mass is 311 g/mol. The number of nitrogens with zero attached hydrogens (tertiary/aromatic N) is 1. The van der Waals surface area contributed by atoms with Gasteiger partial charge in [0, 0.05) is 20.2 Å². The van der Waals surface area contributed by atoms with Crippen molar-refractivity contribution in [1.29, 1.82) is 0 Å². The molecule has 0 aromatic heterocycles. The first-order chi connectivity index (χ1) is 8.77. The Morgan fingerprint density at radius 1 is 0.950 bits per heavy atom. The molecule has 114 valence electrons. The predicted octanol–water partition coefficient (Wildman–Crippen LogP) is 5.47. The van der Waals surface area contributed by atoms with Crippen molar-refractivity contribution in [3.8, 4) is 0 Å². The summed E-state index contributed by atoms with van der Waals surface area (Å²) < 4.78 is 6.09. The van der Waals surface area contributed by atoms with Crippen molar-refractivity contribution in [2.24, 2.45) is 4.99 Å². The Kier molecular flexibility index (Phi) is 4.78. The lowest BCUT2D eigenvalue weighted by Gasteiger charge is -2.18. The average molecular weight is 311 g/mol. The first-order valence-electron chi connectivity index (χ1n) is 7.28. The summed E-state index contributed by atoms with van der Waals surface area (Å²) in [7, 11) is 1.39. The summed E-state index contributed by atoms with van der Waals surface area (Å²) in [6, 6.07) is 0. The molecule has 0 spiro atoms. The van der Waals surface area contributed by atoms with Crippen LogP contribution in [0.4, 0.5) is 0 Å². The van der Waals surface area contributed by atoms with Gasteiger partial charge < -0.3 is 4.43 Å². The molecule has 0 fully saturated rings. The van der Waals surface area contributed by atoms with E-state index in [1.807, 2.05) is 7.05 Å². The quantitative estimate of drug-likeness (QED) is 0.307. The number of hydrogen-bond acceptors (Lipinski definition) is 2. The van der Waals surface area contributed by atoms with Crippen LogP contribution < -0.4 is 0 Å². The van der Waals surface area contributed by atoms with Crippen molar-refractivity contribution in [3.63, 3.8) is 0 Å². The molecule has 0 unspecified atom stereocenters. The minimum absolute atomic E-state index is 0.211. The van der Waals surface area contributed by atoms with Gasteiger partial charge in [-0.15, -0.1) is 0 Å². The summed E-state index contributed by atoms with van der Waals surface area (Å²) in [6.07, 6.45) is 0. The van der Waals surface area contributed by atoms with E-state index in [1.54, 1.807) is 0 Å². The van der Waals surface area contributed by atoms with Gasteiger partial charge >= 0.3 is 0 Å². The molecule has 2 nitrogen and oxygen atoms in total. The van der Waals surface area contributed by atoms with E-state index in [0.717, 1.165) is 13.8 Å². The Labute approximate surface area is 127 Å². The van der Waals surface area contributed by atoms with Crippen LogP contribution in [0.25, 0.3) is 0 Å². The Morgan fingerprint density at radius 3 is 1.60 bits per heavy atom. The van der Waals surface area contributed by atoms with Crippen molar-refractivity contribution in [1.82, 2.24) is 0 Å². The third-order valence-electron chi connectivity index (χ3n) is 2.96. The SMILES string of the molecule is CN=C(O[Si](C)(C)C)P=c1c(C(C)(C)C)c1C(C)(C)C. The highest BCUT2D eigenvalue weighted by molar-refractivity contribution is 7.50. The normalized spacial score (nSPS) is 15.2. The highest BCUT2D eigenvalue weighted by Gasteiger charge is 2.36. The van der Waals surface area contributed by atoms with E-state index < -0.39 is 8.32 Å². The molecule has 4 heteroatoms. The fraction of sp³-hybridized carbons (Fsp3) is 0.750. The molecule has 20 heavy (non-hydrogen) atoms. The lowest BCUT2D eigenvalue weighted by Crippen LogP contribution is -2.27. The zero-order valence-electron chi connectivity index (χ0n) is 14.8. The van der Waals surface area contributed by atoms with Gasteiger partial charge in [-0.25, -0.2) is 0 Å². The third-order valence-corrected chi connectivity index (χ3v) is 5.09. The van der Waals surface area contributed by atoms with E-state index in [-0.39, 0.29) is 10.8 Å². The molecule has 0 aliphatic heterocycles. The van der Waals surface area contributed by atoms with Gasteiger partial charge in [-0.3, -0.25) is 4.99 Å². The van der Waals surface area contributed by atoms with Crippen molar-refractivity contribution < 1.29 is 4.43 Å². The van der Waals surface area contributed by atoms with E-state index in [4.69, 9.17) is 4.43 Å². The van der Waals surface area contributed by atoms with Gasteiger partial charge in [0.1, 0.15) is 0 Å². The van der Waals surface area contributed by atoms with Crippen molar-refractivity contribution >= 4 is 22.2 Å². The van der Waals surface area contributed by atoms with Crippen LogP contribution in [-0.4, -0.2) is 21.0 Å². The number of hydrogen-bond donors (Lipinski definition) is 0. The van der Waals surface area contributed by atoms with Gasteiger partial charge in [-0.1, -0.05) is 41.5 Å².